The third-order valence-electron chi connectivity index (χ3n) is 4.74. The third-order valence-corrected chi connectivity index (χ3v) is 4.74. The zero-order valence-electron chi connectivity index (χ0n) is 16.4. The maximum atomic E-state index is 13.1. The van der Waals surface area contributed by atoms with Gasteiger partial charge in [0.05, 0.1) is 24.6 Å². The number of nitrogens with zero attached hydrogens (tertiary/aromatic N) is 3. The lowest BCUT2D eigenvalue weighted by atomic mass is 10.2. The highest BCUT2D eigenvalue weighted by molar-refractivity contribution is 5.73. The number of anilines is 4. The molecule has 1 aliphatic heterocycles. The van der Waals surface area contributed by atoms with Gasteiger partial charge in [0.25, 0.3) is 0 Å². The quantitative estimate of drug-likeness (QED) is 0.657. The molecule has 0 unspecified atom stereocenters. The summed E-state index contributed by atoms with van der Waals surface area (Å²) in [6, 6.07) is 16.5. The Hall–Kier alpha value is -3.19. The maximum absolute atomic E-state index is 13.1. The molecule has 1 fully saturated rings. The number of nitrogens with one attached hydrogen (secondary N) is 2. The predicted molar refractivity (Wildman–Crippen MR) is 113 cm³/mol. The average molecular weight is 393 g/mol. The largest absolute Gasteiger partial charge is 0.378 e. The number of benzene rings is 2. The van der Waals surface area contributed by atoms with Crippen LogP contribution in [0.2, 0.25) is 0 Å². The molecule has 0 aliphatic carbocycles. The van der Waals surface area contributed by atoms with Crippen LogP contribution in [0, 0.1) is 12.7 Å². The van der Waals surface area contributed by atoms with Gasteiger partial charge in [0.2, 0.25) is 5.95 Å². The Kier molecular flexibility index (Phi) is 5.86. The van der Waals surface area contributed by atoms with Gasteiger partial charge in [-0.15, -0.1) is 0 Å². The number of aryl methyl sites for hydroxylation is 1. The summed E-state index contributed by atoms with van der Waals surface area (Å²) in [5.41, 5.74) is 3.91. The number of halogens is 1. The second kappa shape index (κ2) is 8.87. The fourth-order valence-corrected chi connectivity index (χ4v) is 3.29. The van der Waals surface area contributed by atoms with Gasteiger partial charge in [-0.3, -0.25) is 0 Å². The summed E-state index contributed by atoms with van der Waals surface area (Å²) in [5.74, 6) is 1.01. The van der Waals surface area contributed by atoms with E-state index in [1.54, 1.807) is 12.1 Å². The number of para-hydroxylation sites is 2. The second-order valence-corrected chi connectivity index (χ2v) is 6.94. The van der Waals surface area contributed by atoms with Crippen molar-refractivity contribution in [2.45, 2.75) is 13.5 Å². The molecule has 7 heteroatoms. The van der Waals surface area contributed by atoms with Crippen molar-refractivity contribution in [2.24, 2.45) is 0 Å². The molecule has 3 aromatic rings. The van der Waals surface area contributed by atoms with Gasteiger partial charge < -0.3 is 20.3 Å². The predicted octanol–water partition coefficient (Wildman–Crippen LogP) is 4.12. The van der Waals surface area contributed by atoms with Crippen LogP contribution >= 0.6 is 0 Å². The number of rotatable bonds is 6. The van der Waals surface area contributed by atoms with E-state index in [-0.39, 0.29) is 5.82 Å². The summed E-state index contributed by atoms with van der Waals surface area (Å²) in [4.78, 5) is 11.4. The number of morpholine rings is 1. The van der Waals surface area contributed by atoms with Gasteiger partial charge in [0.15, 0.2) is 0 Å². The Labute approximate surface area is 169 Å². The topological polar surface area (TPSA) is 62.3 Å². The summed E-state index contributed by atoms with van der Waals surface area (Å²) in [7, 11) is 0. The number of ether oxygens (including phenoxy) is 1. The standard InChI is InChI=1S/C22H24FN5O/c1-16-14-21(24-15-17-6-8-18(23)9-7-17)27-22(25-16)26-19-4-2-3-5-20(19)28-10-12-29-13-11-28/h2-9,14H,10-13,15H2,1H3,(H2,24,25,26,27). The van der Waals surface area contributed by atoms with Crippen molar-refractivity contribution < 1.29 is 9.13 Å². The van der Waals surface area contributed by atoms with E-state index in [4.69, 9.17) is 4.74 Å². The minimum absolute atomic E-state index is 0.239. The van der Waals surface area contributed by atoms with Gasteiger partial charge in [-0.25, -0.2) is 9.37 Å². The molecule has 6 nitrogen and oxygen atoms in total. The van der Waals surface area contributed by atoms with Crippen LogP contribution in [0.5, 0.6) is 0 Å². The van der Waals surface area contributed by atoms with Gasteiger partial charge in [-0.1, -0.05) is 24.3 Å². The lowest BCUT2D eigenvalue weighted by Crippen LogP contribution is -2.36. The van der Waals surface area contributed by atoms with Gasteiger partial charge in [-0.05, 0) is 36.8 Å². The van der Waals surface area contributed by atoms with Crippen molar-refractivity contribution in [2.75, 3.05) is 41.8 Å². The first-order valence-corrected chi connectivity index (χ1v) is 9.70. The fourth-order valence-electron chi connectivity index (χ4n) is 3.29. The molecule has 0 spiro atoms. The Balaban J connectivity index is 1.50. The minimum atomic E-state index is -0.239. The number of hydrogen-bond donors (Lipinski definition) is 2. The van der Waals surface area contributed by atoms with Gasteiger partial charge in [0, 0.05) is 31.4 Å². The molecule has 0 amide bonds. The molecule has 1 aromatic heterocycles. The third kappa shape index (κ3) is 5.00. The molecule has 2 heterocycles. The van der Waals surface area contributed by atoms with Gasteiger partial charge >= 0.3 is 0 Å². The van der Waals surface area contributed by atoms with Crippen LogP contribution in [-0.2, 0) is 11.3 Å². The molecule has 2 N–H and O–H groups in total. The van der Waals surface area contributed by atoms with Gasteiger partial charge in [-0.2, -0.15) is 4.98 Å². The first-order valence-electron chi connectivity index (χ1n) is 9.70. The van der Waals surface area contributed by atoms with Crippen LogP contribution < -0.4 is 15.5 Å². The van der Waals surface area contributed by atoms with E-state index in [1.807, 2.05) is 31.2 Å². The van der Waals surface area contributed by atoms with Crippen LogP contribution in [0.1, 0.15) is 11.3 Å². The van der Waals surface area contributed by atoms with Crippen LogP contribution in [0.15, 0.2) is 54.6 Å². The van der Waals surface area contributed by atoms with Crippen molar-refractivity contribution in [3.05, 3.63) is 71.7 Å². The molecule has 0 bridgehead atoms. The maximum Gasteiger partial charge on any atom is 0.229 e. The summed E-state index contributed by atoms with van der Waals surface area (Å²) >= 11 is 0. The summed E-state index contributed by atoms with van der Waals surface area (Å²) in [5, 5.41) is 6.65. The molecule has 0 saturated carbocycles. The number of hydrogen-bond acceptors (Lipinski definition) is 6. The van der Waals surface area contributed by atoms with Crippen molar-refractivity contribution in [1.82, 2.24) is 9.97 Å². The van der Waals surface area contributed by atoms with E-state index >= 15 is 0 Å². The molecule has 150 valence electrons. The normalized spacial score (nSPS) is 13.9. The SMILES string of the molecule is Cc1cc(NCc2ccc(F)cc2)nc(Nc2ccccc2N2CCOCC2)n1. The Bertz CT molecular complexity index is 958. The molecular weight excluding hydrogens is 369 g/mol. The minimum Gasteiger partial charge on any atom is -0.378 e. The van der Waals surface area contributed by atoms with E-state index in [0.29, 0.717) is 18.3 Å². The Morgan fingerprint density at radius 3 is 2.59 bits per heavy atom. The van der Waals surface area contributed by atoms with Gasteiger partial charge in [0.1, 0.15) is 11.6 Å². The molecule has 0 atom stereocenters. The summed E-state index contributed by atoms with van der Waals surface area (Å²) in [6.45, 7) is 5.67. The van der Waals surface area contributed by atoms with E-state index in [9.17, 15) is 4.39 Å². The van der Waals surface area contributed by atoms with Crippen LogP contribution in [0.4, 0.5) is 27.5 Å². The Morgan fingerprint density at radius 1 is 1.03 bits per heavy atom. The van der Waals surface area contributed by atoms with Crippen molar-refractivity contribution >= 4 is 23.1 Å². The Morgan fingerprint density at radius 2 is 1.79 bits per heavy atom. The molecular formula is C22H24FN5O. The van der Waals surface area contributed by atoms with Crippen LogP contribution in [0.25, 0.3) is 0 Å². The highest BCUT2D eigenvalue weighted by atomic mass is 19.1. The molecule has 4 rings (SSSR count). The first-order chi connectivity index (χ1) is 14.2. The lowest BCUT2D eigenvalue weighted by Gasteiger charge is -2.30. The molecule has 0 radical (unpaired) electrons. The highest BCUT2D eigenvalue weighted by Gasteiger charge is 2.15. The smallest absolute Gasteiger partial charge is 0.229 e. The van der Waals surface area contributed by atoms with Crippen molar-refractivity contribution in [1.29, 1.82) is 0 Å². The molecule has 29 heavy (non-hydrogen) atoms. The van der Waals surface area contributed by atoms with E-state index in [2.05, 4.69) is 31.6 Å². The zero-order chi connectivity index (χ0) is 20.1. The average Bonchev–Trinajstić information content (AvgIpc) is 2.74. The molecule has 1 aliphatic rings. The zero-order valence-corrected chi connectivity index (χ0v) is 16.4. The van der Waals surface area contributed by atoms with E-state index in [1.165, 1.54) is 12.1 Å². The fraction of sp³-hybridized carbons (Fsp3) is 0.273. The van der Waals surface area contributed by atoms with Crippen molar-refractivity contribution in [3.8, 4) is 0 Å². The van der Waals surface area contributed by atoms with Crippen LogP contribution in [-0.4, -0.2) is 36.3 Å². The lowest BCUT2D eigenvalue weighted by molar-refractivity contribution is 0.123. The van der Waals surface area contributed by atoms with Crippen molar-refractivity contribution in [3.63, 3.8) is 0 Å². The van der Waals surface area contributed by atoms with E-state index in [0.717, 1.165) is 48.9 Å². The summed E-state index contributed by atoms with van der Waals surface area (Å²) in [6.07, 6.45) is 0. The van der Waals surface area contributed by atoms with Crippen LogP contribution in [0.3, 0.4) is 0 Å². The highest BCUT2D eigenvalue weighted by Crippen LogP contribution is 2.28. The van der Waals surface area contributed by atoms with E-state index < -0.39 is 0 Å². The first kappa shape index (κ1) is 19.1. The molecule has 2 aromatic carbocycles. The number of aromatic nitrogens is 2. The monoisotopic (exact) mass is 393 g/mol. The second-order valence-electron chi connectivity index (χ2n) is 6.94. The molecule has 1 saturated heterocycles. The summed E-state index contributed by atoms with van der Waals surface area (Å²) < 4.78 is 18.5.